The van der Waals surface area contributed by atoms with Gasteiger partial charge in [0, 0.05) is 18.3 Å². The van der Waals surface area contributed by atoms with E-state index in [4.69, 9.17) is 21.1 Å². The summed E-state index contributed by atoms with van der Waals surface area (Å²) in [5, 5.41) is 7.57. The highest BCUT2D eigenvalue weighted by molar-refractivity contribution is 5.92. The highest BCUT2D eigenvalue weighted by Gasteiger charge is 2.21. The van der Waals surface area contributed by atoms with E-state index in [1.165, 1.54) is 0 Å². The molecule has 8 heteroatoms. The fraction of sp³-hybridized carbons (Fsp3) is 0.176. The second-order valence-corrected chi connectivity index (χ2v) is 5.62. The van der Waals surface area contributed by atoms with Crippen LogP contribution in [0.3, 0.4) is 0 Å². The summed E-state index contributed by atoms with van der Waals surface area (Å²) in [6, 6.07) is 11.9. The number of imidazole rings is 1. The van der Waals surface area contributed by atoms with E-state index >= 15 is 0 Å². The van der Waals surface area contributed by atoms with Crippen LogP contribution in [-0.4, -0.2) is 31.4 Å². The lowest BCUT2D eigenvalue weighted by molar-refractivity contribution is 0.310. The van der Waals surface area contributed by atoms with Gasteiger partial charge >= 0.3 is 0 Å². The molecule has 1 aromatic carbocycles. The molecule has 0 saturated heterocycles. The number of aryl methyl sites for hydroxylation is 1. The molecule has 25 heavy (non-hydrogen) atoms. The third-order valence-electron chi connectivity index (χ3n) is 4.03. The van der Waals surface area contributed by atoms with Crippen LogP contribution in [0.25, 0.3) is 33.8 Å². The zero-order valence-corrected chi connectivity index (χ0v) is 13.5. The van der Waals surface area contributed by atoms with E-state index in [9.17, 15) is 0 Å². The van der Waals surface area contributed by atoms with Gasteiger partial charge in [0.25, 0.3) is 0 Å². The normalized spacial score (nSPS) is 11.2. The molecule has 0 aliphatic rings. The summed E-state index contributed by atoms with van der Waals surface area (Å²) in [5.74, 6) is 0.811. The van der Waals surface area contributed by atoms with Crippen LogP contribution in [0, 0.1) is 0 Å². The Morgan fingerprint density at radius 2 is 1.88 bits per heavy atom. The van der Waals surface area contributed by atoms with Gasteiger partial charge in [-0.15, -0.1) is 0 Å². The van der Waals surface area contributed by atoms with Gasteiger partial charge in [-0.3, -0.25) is 4.98 Å². The number of hydrogen-bond donors (Lipinski definition) is 2. The predicted octanol–water partition coefficient (Wildman–Crippen LogP) is 2.08. The molecule has 3 heterocycles. The first-order valence-corrected chi connectivity index (χ1v) is 7.98. The third kappa shape index (κ3) is 2.62. The molecule has 4 rings (SSSR count). The highest BCUT2D eigenvalue weighted by atomic mass is 16.6. The number of hydrogen-bond acceptors (Lipinski definition) is 7. The first kappa shape index (κ1) is 15.3. The topological polar surface area (TPSA) is 122 Å². The van der Waals surface area contributed by atoms with Crippen molar-refractivity contribution in [2.45, 2.75) is 13.0 Å². The van der Waals surface area contributed by atoms with Crippen molar-refractivity contribution in [1.29, 1.82) is 0 Å². The van der Waals surface area contributed by atoms with Crippen LogP contribution in [0.4, 0.5) is 5.82 Å². The molecule has 4 N–H and O–H groups in total. The number of rotatable bonds is 5. The lowest BCUT2D eigenvalue weighted by Gasteiger charge is -2.07. The summed E-state index contributed by atoms with van der Waals surface area (Å²) in [6.07, 6.45) is 2.58. The van der Waals surface area contributed by atoms with Gasteiger partial charge in [0.15, 0.2) is 17.3 Å². The summed E-state index contributed by atoms with van der Waals surface area (Å²) < 4.78 is 6.79. The number of pyridine rings is 1. The molecule has 0 bridgehead atoms. The number of benzene rings is 1. The van der Waals surface area contributed by atoms with Crippen LogP contribution in [-0.2, 0) is 6.54 Å². The number of anilines is 1. The van der Waals surface area contributed by atoms with E-state index in [1.54, 1.807) is 6.20 Å². The second kappa shape index (κ2) is 6.33. The largest absolute Gasteiger partial charge is 0.379 e. The lowest BCUT2D eigenvalue weighted by atomic mass is 10.1. The molecule has 126 valence electrons. The molecule has 0 saturated carbocycles. The first-order valence-electron chi connectivity index (χ1n) is 7.98. The minimum absolute atomic E-state index is 0.207. The first-order chi connectivity index (χ1) is 12.3. The smallest absolute Gasteiger partial charge is 0.199 e. The van der Waals surface area contributed by atoms with Crippen molar-refractivity contribution in [3.63, 3.8) is 0 Å². The van der Waals surface area contributed by atoms with Crippen LogP contribution < -0.4 is 11.5 Å². The molecule has 0 fully saturated rings. The van der Waals surface area contributed by atoms with Gasteiger partial charge in [-0.2, -0.15) is 0 Å². The van der Waals surface area contributed by atoms with Crippen LogP contribution in [0.5, 0.6) is 0 Å². The quantitative estimate of drug-likeness (QED) is 0.572. The molecule has 0 aliphatic carbocycles. The minimum atomic E-state index is 0.207. The molecule has 3 aromatic heterocycles. The Labute approximate surface area is 143 Å². The SMILES string of the molecule is NCCCn1c(-c2nonc2N)nc2c(-c3ccccc3)nccc21. The fourth-order valence-electron chi connectivity index (χ4n) is 2.87. The summed E-state index contributed by atoms with van der Waals surface area (Å²) in [7, 11) is 0. The Hall–Kier alpha value is -3.26. The van der Waals surface area contributed by atoms with Crippen molar-refractivity contribution in [2.24, 2.45) is 5.73 Å². The van der Waals surface area contributed by atoms with E-state index in [0.29, 0.717) is 24.6 Å². The van der Waals surface area contributed by atoms with Gasteiger partial charge in [-0.1, -0.05) is 30.3 Å². The van der Waals surface area contributed by atoms with Crippen LogP contribution in [0.2, 0.25) is 0 Å². The van der Waals surface area contributed by atoms with Crippen molar-refractivity contribution < 1.29 is 4.63 Å². The molecular formula is C17H17N7O. The van der Waals surface area contributed by atoms with Crippen molar-refractivity contribution in [1.82, 2.24) is 24.8 Å². The van der Waals surface area contributed by atoms with Crippen molar-refractivity contribution in [3.8, 4) is 22.8 Å². The van der Waals surface area contributed by atoms with Gasteiger partial charge < -0.3 is 16.0 Å². The van der Waals surface area contributed by atoms with E-state index in [2.05, 4.69) is 15.3 Å². The lowest BCUT2D eigenvalue weighted by Crippen LogP contribution is -2.07. The molecular weight excluding hydrogens is 318 g/mol. The van der Waals surface area contributed by atoms with Crippen LogP contribution >= 0.6 is 0 Å². The number of nitrogens with zero attached hydrogens (tertiary/aromatic N) is 5. The van der Waals surface area contributed by atoms with E-state index in [-0.39, 0.29) is 5.82 Å². The molecule has 0 amide bonds. The maximum absolute atomic E-state index is 5.88. The minimum Gasteiger partial charge on any atom is -0.379 e. The average molecular weight is 335 g/mol. The monoisotopic (exact) mass is 335 g/mol. The number of aromatic nitrogens is 5. The molecule has 0 spiro atoms. The standard InChI is InChI=1S/C17H17N7O/c18-8-4-10-24-12-7-9-20-13(11-5-2-1-3-6-11)14(12)21-17(24)15-16(19)23-25-22-15/h1-3,5-7,9H,4,8,10,18H2,(H2,19,23). The predicted molar refractivity (Wildman–Crippen MR) is 94.3 cm³/mol. The third-order valence-corrected chi connectivity index (χ3v) is 4.03. The Balaban J connectivity index is 1.97. The highest BCUT2D eigenvalue weighted by Crippen LogP contribution is 2.31. The summed E-state index contributed by atoms with van der Waals surface area (Å²) in [6.45, 7) is 1.26. The van der Waals surface area contributed by atoms with Crippen molar-refractivity contribution in [2.75, 3.05) is 12.3 Å². The number of fused-ring (bicyclic) bond motifs is 1. The van der Waals surface area contributed by atoms with E-state index in [0.717, 1.165) is 28.7 Å². The summed E-state index contributed by atoms with van der Waals surface area (Å²) >= 11 is 0. The van der Waals surface area contributed by atoms with Crippen molar-refractivity contribution in [3.05, 3.63) is 42.6 Å². The van der Waals surface area contributed by atoms with Gasteiger partial charge in [0.1, 0.15) is 5.52 Å². The number of nitrogens with two attached hydrogens (primary N) is 2. The van der Waals surface area contributed by atoms with Gasteiger partial charge in [0.05, 0.1) is 11.2 Å². The zero-order chi connectivity index (χ0) is 17.2. The Bertz CT molecular complexity index is 1010. The fourth-order valence-corrected chi connectivity index (χ4v) is 2.87. The molecule has 0 radical (unpaired) electrons. The number of nitrogen functional groups attached to an aromatic ring is 1. The Morgan fingerprint density at radius 3 is 2.60 bits per heavy atom. The average Bonchev–Trinajstić information content (AvgIpc) is 3.23. The zero-order valence-electron chi connectivity index (χ0n) is 13.5. The van der Waals surface area contributed by atoms with Crippen LogP contribution in [0.1, 0.15) is 6.42 Å². The Kier molecular flexibility index (Phi) is 3.87. The van der Waals surface area contributed by atoms with Gasteiger partial charge in [-0.05, 0) is 29.3 Å². The Morgan fingerprint density at radius 1 is 1.04 bits per heavy atom. The second-order valence-electron chi connectivity index (χ2n) is 5.62. The van der Waals surface area contributed by atoms with Crippen LogP contribution in [0.15, 0.2) is 47.2 Å². The maximum atomic E-state index is 5.88. The summed E-state index contributed by atoms with van der Waals surface area (Å²) in [5.41, 5.74) is 15.5. The molecule has 0 aliphatic heterocycles. The maximum Gasteiger partial charge on any atom is 0.199 e. The molecule has 0 unspecified atom stereocenters. The summed E-state index contributed by atoms with van der Waals surface area (Å²) in [4.78, 5) is 9.29. The molecule has 4 aromatic rings. The van der Waals surface area contributed by atoms with Gasteiger partial charge in [0.2, 0.25) is 0 Å². The molecule has 0 atom stereocenters. The van der Waals surface area contributed by atoms with E-state index in [1.807, 2.05) is 41.0 Å². The van der Waals surface area contributed by atoms with Crippen molar-refractivity contribution >= 4 is 16.9 Å². The van der Waals surface area contributed by atoms with E-state index < -0.39 is 0 Å². The van der Waals surface area contributed by atoms with Gasteiger partial charge in [-0.25, -0.2) is 9.61 Å². The molecule has 8 nitrogen and oxygen atoms in total.